The number of pyridine rings is 1. The van der Waals surface area contributed by atoms with Gasteiger partial charge in [-0.1, -0.05) is 0 Å². The molecule has 1 aromatic rings. The second-order valence-electron chi connectivity index (χ2n) is 2.77. The zero-order chi connectivity index (χ0) is 9.14. The number of nitrogens with zero attached hydrogens (tertiary/aromatic N) is 1. The molecule has 0 saturated carbocycles. The number of hydrogen-bond donors (Lipinski definition) is 2. The molecular formula is C8H12N2O2. The van der Waals surface area contributed by atoms with Crippen molar-refractivity contribution in [3.8, 4) is 0 Å². The summed E-state index contributed by atoms with van der Waals surface area (Å²) in [5.41, 5.74) is 5.34. The summed E-state index contributed by atoms with van der Waals surface area (Å²) in [4.78, 5) is 11.2. The lowest BCUT2D eigenvalue weighted by molar-refractivity contribution is 0.172. The Morgan fingerprint density at radius 2 is 2.42 bits per heavy atom. The molecule has 1 rings (SSSR count). The predicted molar refractivity (Wildman–Crippen MR) is 46.8 cm³/mol. The van der Waals surface area contributed by atoms with Gasteiger partial charge in [0.05, 0.1) is 18.3 Å². The van der Waals surface area contributed by atoms with Gasteiger partial charge in [0.2, 0.25) is 0 Å². The highest BCUT2D eigenvalue weighted by Crippen LogP contribution is 1.93. The summed E-state index contributed by atoms with van der Waals surface area (Å²) in [7, 11) is 0. The number of anilines is 1. The molecule has 0 radical (unpaired) electrons. The number of hydrogen-bond acceptors (Lipinski definition) is 3. The first-order chi connectivity index (χ1) is 5.61. The Morgan fingerprint density at radius 1 is 1.75 bits per heavy atom. The maximum absolute atomic E-state index is 11.2. The van der Waals surface area contributed by atoms with Crippen LogP contribution in [-0.2, 0) is 6.54 Å². The Hall–Kier alpha value is -1.29. The van der Waals surface area contributed by atoms with Crippen molar-refractivity contribution in [2.75, 3.05) is 5.73 Å². The molecule has 0 fully saturated rings. The molecule has 1 aromatic heterocycles. The van der Waals surface area contributed by atoms with E-state index >= 15 is 0 Å². The van der Waals surface area contributed by atoms with Crippen LogP contribution in [0.3, 0.4) is 0 Å². The van der Waals surface area contributed by atoms with Crippen LogP contribution in [0.5, 0.6) is 0 Å². The van der Waals surface area contributed by atoms with Crippen LogP contribution in [0.1, 0.15) is 6.92 Å². The van der Waals surface area contributed by atoms with Crippen molar-refractivity contribution >= 4 is 5.69 Å². The minimum atomic E-state index is -0.538. The summed E-state index contributed by atoms with van der Waals surface area (Å²) in [6.07, 6.45) is 1.07. The number of nitrogens with two attached hydrogens (primary N) is 1. The molecule has 0 amide bonds. The third kappa shape index (κ3) is 1.85. The Labute approximate surface area is 70.3 Å². The van der Waals surface area contributed by atoms with Crippen LogP contribution < -0.4 is 11.3 Å². The summed E-state index contributed by atoms with van der Waals surface area (Å²) in [5, 5.41) is 9.02. The maximum Gasteiger partial charge on any atom is 0.273 e. The van der Waals surface area contributed by atoms with Gasteiger partial charge in [-0.15, -0.1) is 0 Å². The third-order valence-corrected chi connectivity index (χ3v) is 1.51. The lowest BCUT2D eigenvalue weighted by Crippen LogP contribution is -2.26. The SMILES string of the molecule is CC(O)Cn1cccc(N)c1=O. The van der Waals surface area contributed by atoms with Crippen LogP contribution in [0.15, 0.2) is 23.1 Å². The van der Waals surface area contributed by atoms with Gasteiger partial charge in [-0.2, -0.15) is 0 Å². The first-order valence-electron chi connectivity index (χ1n) is 3.74. The van der Waals surface area contributed by atoms with Gasteiger partial charge in [0, 0.05) is 6.20 Å². The average molecular weight is 168 g/mol. The Morgan fingerprint density at radius 3 is 3.00 bits per heavy atom. The quantitative estimate of drug-likeness (QED) is 0.643. The van der Waals surface area contributed by atoms with Gasteiger partial charge in [0.15, 0.2) is 0 Å². The molecule has 4 heteroatoms. The molecule has 0 aliphatic heterocycles. The summed E-state index contributed by atoms with van der Waals surface area (Å²) in [5.74, 6) is 0. The molecule has 66 valence electrons. The first-order valence-corrected chi connectivity index (χ1v) is 3.74. The Bertz CT molecular complexity index is 317. The molecule has 0 aromatic carbocycles. The van der Waals surface area contributed by atoms with E-state index in [0.717, 1.165) is 0 Å². The normalized spacial score (nSPS) is 12.8. The number of aromatic nitrogens is 1. The van der Waals surface area contributed by atoms with Crippen molar-refractivity contribution in [3.63, 3.8) is 0 Å². The van der Waals surface area contributed by atoms with Crippen molar-refractivity contribution in [2.24, 2.45) is 0 Å². The maximum atomic E-state index is 11.2. The van der Waals surface area contributed by atoms with E-state index in [1.807, 2.05) is 0 Å². The summed E-state index contributed by atoms with van der Waals surface area (Å²) >= 11 is 0. The van der Waals surface area contributed by atoms with Gasteiger partial charge in [0.1, 0.15) is 0 Å². The molecule has 3 N–H and O–H groups in total. The highest BCUT2D eigenvalue weighted by atomic mass is 16.3. The summed E-state index contributed by atoms with van der Waals surface area (Å²) in [6, 6.07) is 3.22. The molecule has 1 atom stereocenters. The average Bonchev–Trinajstić information content (AvgIpc) is 1.98. The number of aliphatic hydroxyl groups is 1. The molecular weight excluding hydrogens is 156 g/mol. The van der Waals surface area contributed by atoms with E-state index in [1.165, 1.54) is 4.57 Å². The van der Waals surface area contributed by atoms with Gasteiger partial charge < -0.3 is 15.4 Å². The molecule has 4 nitrogen and oxygen atoms in total. The highest BCUT2D eigenvalue weighted by Gasteiger charge is 2.01. The van der Waals surface area contributed by atoms with Crippen molar-refractivity contribution in [2.45, 2.75) is 19.6 Å². The monoisotopic (exact) mass is 168 g/mol. The molecule has 0 aliphatic carbocycles. The summed E-state index contributed by atoms with van der Waals surface area (Å²) < 4.78 is 1.39. The van der Waals surface area contributed by atoms with Gasteiger partial charge in [-0.25, -0.2) is 0 Å². The molecule has 0 aliphatic rings. The van der Waals surface area contributed by atoms with Gasteiger partial charge in [-0.3, -0.25) is 4.79 Å². The van der Waals surface area contributed by atoms with E-state index in [9.17, 15) is 4.79 Å². The molecule has 1 heterocycles. The van der Waals surface area contributed by atoms with E-state index in [1.54, 1.807) is 25.3 Å². The van der Waals surface area contributed by atoms with E-state index in [2.05, 4.69) is 0 Å². The van der Waals surface area contributed by atoms with Crippen LogP contribution in [0.25, 0.3) is 0 Å². The summed E-state index contributed by atoms with van der Waals surface area (Å²) in [6.45, 7) is 1.90. The predicted octanol–water partition coefficient (Wildman–Crippen LogP) is -0.189. The van der Waals surface area contributed by atoms with Crippen molar-refractivity contribution in [1.29, 1.82) is 0 Å². The van der Waals surface area contributed by atoms with E-state index in [0.29, 0.717) is 0 Å². The zero-order valence-corrected chi connectivity index (χ0v) is 6.90. The Balaban J connectivity index is 3.01. The van der Waals surface area contributed by atoms with Crippen LogP contribution in [0.2, 0.25) is 0 Å². The van der Waals surface area contributed by atoms with Crippen molar-refractivity contribution in [1.82, 2.24) is 4.57 Å². The van der Waals surface area contributed by atoms with Gasteiger partial charge in [-0.05, 0) is 19.1 Å². The van der Waals surface area contributed by atoms with Crippen LogP contribution in [0.4, 0.5) is 5.69 Å². The fraction of sp³-hybridized carbons (Fsp3) is 0.375. The van der Waals surface area contributed by atoms with E-state index < -0.39 is 6.10 Å². The molecule has 12 heavy (non-hydrogen) atoms. The van der Waals surface area contributed by atoms with Crippen LogP contribution in [0, 0.1) is 0 Å². The zero-order valence-electron chi connectivity index (χ0n) is 6.90. The number of rotatable bonds is 2. The number of aliphatic hydroxyl groups excluding tert-OH is 1. The standard InChI is InChI=1S/C8H12N2O2/c1-6(11)5-10-4-2-3-7(9)8(10)12/h2-4,6,11H,5,9H2,1H3. The highest BCUT2D eigenvalue weighted by molar-refractivity contribution is 5.33. The lowest BCUT2D eigenvalue weighted by atomic mass is 10.3. The number of nitrogen functional groups attached to an aromatic ring is 1. The largest absolute Gasteiger partial charge is 0.394 e. The fourth-order valence-electron chi connectivity index (χ4n) is 0.984. The molecule has 0 spiro atoms. The first kappa shape index (κ1) is 8.80. The molecule has 0 saturated heterocycles. The lowest BCUT2D eigenvalue weighted by Gasteiger charge is -2.07. The topological polar surface area (TPSA) is 68.2 Å². The van der Waals surface area contributed by atoms with Crippen LogP contribution in [-0.4, -0.2) is 15.8 Å². The van der Waals surface area contributed by atoms with Crippen LogP contribution >= 0.6 is 0 Å². The molecule has 1 unspecified atom stereocenters. The smallest absolute Gasteiger partial charge is 0.273 e. The van der Waals surface area contributed by atoms with Gasteiger partial charge in [0.25, 0.3) is 5.56 Å². The second-order valence-corrected chi connectivity index (χ2v) is 2.77. The van der Waals surface area contributed by atoms with Crippen molar-refractivity contribution in [3.05, 3.63) is 28.7 Å². The Kier molecular flexibility index (Phi) is 2.50. The minimum Gasteiger partial charge on any atom is -0.394 e. The van der Waals surface area contributed by atoms with Gasteiger partial charge >= 0.3 is 0 Å². The second kappa shape index (κ2) is 3.40. The third-order valence-electron chi connectivity index (χ3n) is 1.51. The van der Waals surface area contributed by atoms with E-state index in [4.69, 9.17) is 10.8 Å². The van der Waals surface area contributed by atoms with E-state index in [-0.39, 0.29) is 17.8 Å². The van der Waals surface area contributed by atoms with Crippen molar-refractivity contribution < 1.29 is 5.11 Å². The fourth-order valence-corrected chi connectivity index (χ4v) is 0.984. The molecule has 0 bridgehead atoms. The minimum absolute atomic E-state index is 0.207.